The zero-order valence-corrected chi connectivity index (χ0v) is 12.3. The van der Waals surface area contributed by atoms with Gasteiger partial charge in [-0.15, -0.1) is 5.10 Å². The molecule has 1 aliphatic rings. The second-order valence-corrected chi connectivity index (χ2v) is 5.44. The van der Waals surface area contributed by atoms with Gasteiger partial charge < -0.3 is 10.1 Å². The molecule has 0 radical (unpaired) electrons. The quantitative estimate of drug-likeness (QED) is 0.884. The number of ether oxygens (including phenoxy) is 1. The topological polar surface area (TPSA) is 81.9 Å². The van der Waals surface area contributed by atoms with E-state index >= 15 is 0 Å². The first-order valence-corrected chi connectivity index (χ1v) is 7.49. The lowest BCUT2D eigenvalue weighted by Crippen LogP contribution is -2.31. The van der Waals surface area contributed by atoms with E-state index in [1.807, 2.05) is 18.2 Å². The van der Waals surface area contributed by atoms with Gasteiger partial charge in [0.15, 0.2) is 0 Å². The molecule has 0 unspecified atom stereocenters. The number of hydrogen-bond donors (Lipinski definition) is 1. The Kier molecular flexibility index (Phi) is 4.62. The molecule has 7 nitrogen and oxygen atoms in total. The lowest BCUT2D eigenvalue weighted by Gasteiger charge is -2.14. The smallest absolute Gasteiger partial charge is 0.221 e. The van der Waals surface area contributed by atoms with Crippen molar-refractivity contribution in [2.45, 2.75) is 25.8 Å². The zero-order chi connectivity index (χ0) is 15.2. The van der Waals surface area contributed by atoms with E-state index in [4.69, 9.17) is 4.74 Å². The molecule has 3 rings (SSSR count). The summed E-state index contributed by atoms with van der Waals surface area (Å²) in [5.74, 6) is 1.39. The molecule has 1 N–H and O–H groups in total. The van der Waals surface area contributed by atoms with Crippen LogP contribution in [0.15, 0.2) is 30.6 Å². The summed E-state index contributed by atoms with van der Waals surface area (Å²) in [7, 11) is 0. The fourth-order valence-corrected chi connectivity index (χ4v) is 2.58. The molecule has 7 heteroatoms. The van der Waals surface area contributed by atoms with Crippen LogP contribution in [-0.2, 0) is 17.8 Å². The fraction of sp³-hybridized carbons (Fsp3) is 0.467. The number of para-hydroxylation sites is 1. The molecule has 1 amide bonds. The second-order valence-electron chi connectivity index (χ2n) is 5.44. The lowest BCUT2D eigenvalue weighted by molar-refractivity contribution is -0.121. The van der Waals surface area contributed by atoms with Gasteiger partial charge in [0.25, 0.3) is 0 Å². The summed E-state index contributed by atoms with van der Waals surface area (Å²) >= 11 is 0. The average Bonchev–Trinajstić information content (AvgIpc) is 2.96. The summed E-state index contributed by atoms with van der Waals surface area (Å²) in [6, 6.07) is 8.10. The van der Waals surface area contributed by atoms with Gasteiger partial charge >= 0.3 is 0 Å². The van der Waals surface area contributed by atoms with E-state index in [2.05, 4.69) is 26.9 Å². The predicted octanol–water partition coefficient (Wildman–Crippen LogP) is 0.821. The lowest BCUT2D eigenvalue weighted by atomic mass is 9.97. The number of nitrogens with zero attached hydrogens (tertiary/aromatic N) is 4. The van der Waals surface area contributed by atoms with E-state index in [0.717, 1.165) is 18.6 Å². The van der Waals surface area contributed by atoms with Gasteiger partial charge in [-0.1, -0.05) is 18.2 Å². The molecule has 0 fully saturated rings. The first kappa shape index (κ1) is 14.5. The highest BCUT2D eigenvalue weighted by molar-refractivity contribution is 5.75. The number of benzene rings is 1. The van der Waals surface area contributed by atoms with Crippen molar-refractivity contribution in [3.8, 4) is 5.75 Å². The molecule has 1 atom stereocenters. The van der Waals surface area contributed by atoms with Gasteiger partial charge in [-0.3, -0.25) is 4.79 Å². The highest BCUT2D eigenvalue weighted by Gasteiger charge is 2.17. The number of rotatable bonds is 5. The summed E-state index contributed by atoms with van der Waals surface area (Å²) in [6.45, 7) is 1.86. The molecule has 0 saturated heterocycles. The molecule has 2 aromatic rings. The van der Waals surface area contributed by atoms with E-state index in [0.29, 0.717) is 32.0 Å². The number of amides is 1. The van der Waals surface area contributed by atoms with Crippen LogP contribution in [0.3, 0.4) is 0 Å². The molecule has 116 valence electrons. The van der Waals surface area contributed by atoms with Crippen LogP contribution in [-0.4, -0.2) is 39.3 Å². The van der Waals surface area contributed by atoms with Gasteiger partial charge in [0.2, 0.25) is 5.91 Å². The maximum atomic E-state index is 11.9. The van der Waals surface area contributed by atoms with Crippen molar-refractivity contribution in [1.29, 1.82) is 0 Å². The number of carbonyl (C=O) groups is 1. The van der Waals surface area contributed by atoms with Gasteiger partial charge in [0, 0.05) is 13.0 Å². The standard InChI is InChI=1S/C15H19N5O2/c21-15(5-7-20-11-17-18-19-20)16-10-12-6-8-22-14-4-2-1-3-13(14)9-12/h1-4,11-12H,5-10H2,(H,16,21)/t12-/m0/s1. The molecule has 0 bridgehead atoms. The molecule has 0 spiro atoms. The first-order valence-electron chi connectivity index (χ1n) is 7.49. The number of nitrogens with one attached hydrogen (secondary N) is 1. The predicted molar refractivity (Wildman–Crippen MR) is 79.2 cm³/mol. The van der Waals surface area contributed by atoms with E-state index in [-0.39, 0.29) is 5.91 Å². The monoisotopic (exact) mass is 301 g/mol. The van der Waals surface area contributed by atoms with Gasteiger partial charge in [-0.05, 0) is 40.8 Å². The van der Waals surface area contributed by atoms with Gasteiger partial charge in [-0.25, -0.2) is 4.68 Å². The summed E-state index contributed by atoms with van der Waals surface area (Å²) in [6.07, 6.45) is 3.77. The number of hydrogen-bond acceptors (Lipinski definition) is 5. The van der Waals surface area contributed by atoms with Crippen LogP contribution in [0.1, 0.15) is 18.4 Å². The number of aromatic nitrogens is 4. The number of tetrazole rings is 1. The Morgan fingerprint density at radius 2 is 2.32 bits per heavy atom. The van der Waals surface area contributed by atoms with Crippen LogP contribution >= 0.6 is 0 Å². The van der Waals surface area contributed by atoms with Crippen molar-refractivity contribution in [2.24, 2.45) is 5.92 Å². The van der Waals surface area contributed by atoms with Crippen molar-refractivity contribution in [3.63, 3.8) is 0 Å². The van der Waals surface area contributed by atoms with Gasteiger partial charge in [-0.2, -0.15) is 0 Å². The van der Waals surface area contributed by atoms with Crippen molar-refractivity contribution in [3.05, 3.63) is 36.2 Å². The molecule has 0 aliphatic carbocycles. The fourth-order valence-electron chi connectivity index (χ4n) is 2.58. The largest absolute Gasteiger partial charge is 0.493 e. The first-order chi connectivity index (χ1) is 10.8. The third-order valence-electron chi connectivity index (χ3n) is 3.81. The van der Waals surface area contributed by atoms with Crippen molar-refractivity contribution in [2.75, 3.05) is 13.2 Å². The second kappa shape index (κ2) is 7.02. The van der Waals surface area contributed by atoms with Crippen molar-refractivity contribution < 1.29 is 9.53 Å². The number of aryl methyl sites for hydroxylation is 1. The molecule has 0 saturated carbocycles. The summed E-state index contributed by atoms with van der Waals surface area (Å²) < 4.78 is 7.29. The minimum atomic E-state index is 0.0222. The Morgan fingerprint density at radius 3 is 3.18 bits per heavy atom. The molecule has 1 aliphatic heterocycles. The van der Waals surface area contributed by atoms with Crippen LogP contribution in [0.4, 0.5) is 0 Å². The molecule has 1 aromatic heterocycles. The molecule has 2 heterocycles. The van der Waals surface area contributed by atoms with Crippen molar-refractivity contribution >= 4 is 5.91 Å². The van der Waals surface area contributed by atoms with Crippen LogP contribution in [0.25, 0.3) is 0 Å². The van der Waals surface area contributed by atoms with Crippen LogP contribution in [0.5, 0.6) is 5.75 Å². The number of fused-ring (bicyclic) bond motifs is 1. The van der Waals surface area contributed by atoms with Crippen LogP contribution in [0, 0.1) is 5.92 Å². The van der Waals surface area contributed by atoms with Crippen LogP contribution in [0.2, 0.25) is 0 Å². The van der Waals surface area contributed by atoms with E-state index < -0.39 is 0 Å². The normalized spacial score (nSPS) is 17.2. The Balaban J connectivity index is 1.46. The third-order valence-corrected chi connectivity index (χ3v) is 3.81. The maximum absolute atomic E-state index is 11.9. The average molecular weight is 301 g/mol. The summed E-state index contributed by atoms with van der Waals surface area (Å²) in [5, 5.41) is 13.8. The Morgan fingerprint density at radius 1 is 1.41 bits per heavy atom. The van der Waals surface area contributed by atoms with E-state index in [9.17, 15) is 4.79 Å². The number of carbonyl (C=O) groups excluding carboxylic acids is 1. The van der Waals surface area contributed by atoms with Gasteiger partial charge in [0.05, 0.1) is 13.2 Å². The van der Waals surface area contributed by atoms with Crippen LogP contribution < -0.4 is 10.1 Å². The van der Waals surface area contributed by atoms with E-state index in [1.54, 1.807) is 4.68 Å². The minimum Gasteiger partial charge on any atom is -0.493 e. The Bertz CT molecular complexity index is 614. The minimum absolute atomic E-state index is 0.0222. The van der Waals surface area contributed by atoms with E-state index in [1.165, 1.54) is 11.9 Å². The Labute approximate surface area is 128 Å². The molecular weight excluding hydrogens is 282 g/mol. The SMILES string of the molecule is O=C(CCn1cnnn1)NC[C@H]1CCOc2ccccc2C1. The highest BCUT2D eigenvalue weighted by Crippen LogP contribution is 2.26. The Hall–Kier alpha value is -2.44. The van der Waals surface area contributed by atoms with Crippen molar-refractivity contribution in [1.82, 2.24) is 25.5 Å². The summed E-state index contributed by atoms with van der Waals surface area (Å²) in [5.41, 5.74) is 1.22. The molecule has 1 aromatic carbocycles. The molecular formula is C15H19N5O2. The zero-order valence-electron chi connectivity index (χ0n) is 12.3. The summed E-state index contributed by atoms with van der Waals surface area (Å²) in [4.78, 5) is 11.9. The third kappa shape index (κ3) is 3.81. The van der Waals surface area contributed by atoms with Gasteiger partial charge in [0.1, 0.15) is 12.1 Å². The maximum Gasteiger partial charge on any atom is 0.221 e. The molecule has 22 heavy (non-hydrogen) atoms. The highest BCUT2D eigenvalue weighted by atomic mass is 16.5.